The van der Waals surface area contributed by atoms with Crippen LogP contribution in [0.4, 0.5) is 10.2 Å². The highest BCUT2D eigenvalue weighted by Crippen LogP contribution is 2.13. The second-order valence-electron chi connectivity index (χ2n) is 7.23. The molecular weight excluding hydrogens is 447 g/mol. The molecule has 2 N–H and O–H groups in total. The molecule has 0 bridgehead atoms. The van der Waals surface area contributed by atoms with Crippen LogP contribution in [0.2, 0.25) is 0 Å². The Morgan fingerprint density at radius 3 is 2.42 bits per heavy atom. The van der Waals surface area contributed by atoms with Gasteiger partial charge in [0, 0.05) is 19.5 Å². The van der Waals surface area contributed by atoms with Crippen molar-refractivity contribution in [2.45, 2.75) is 17.7 Å². The molecule has 9 nitrogen and oxygen atoms in total. The number of rotatable bonds is 10. The first-order valence-corrected chi connectivity index (χ1v) is 11.8. The number of benzene rings is 2. The fourth-order valence-electron chi connectivity index (χ4n) is 3.20. The molecule has 0 amide bonds. The first-order valence-electron chi connectivity index (χ1n) is 10.3. The zero-order valence-electron chi connectivity index (χ0n) is 17.9. The van der Waals surface area contributed by atoms with E-state index in [0.717, 1.165) is 24.3 Å². The van der Waals surface area contributed by atoms with Gasteiger partial charge in [-0.25, -0.2) is 17.5 Å². The molecule has 0 aliphatic carbocycles. The van der Waals surface area contributed by atoms with E-state index in [2.05, 4.69) is 25.3 Å². The molecular formula is C22H23FN6O3S. The van der Waals surface area contributed by atoms with Crippen LogP contribution in [0.5, 0.6) is 5.75 Å². The summed E-state index contributed by atoms with van der Waals surface area (Å²) in [6.45, 7) is 0.775. The van der Waals surface area contributed by atoms with Gasteiger partial charge in [-0.2, -0.15) is 4.52 Å². The molecule has 2 heterocycles. The third-order valence-corrected chi connectivity index (χ3v) is 6.45. The van der Waals surface area contributed by atoms with Crippen molar-refractivity contribution in [1.29, 1.82) is 0 Å². The molecule has 0 saturated heterocycles. The van der Waals surface area contributed by atoms with Gasteiger partial charge in [-0.05, 0) is 60.5 Å². The molecule has 0 aliphatic heterocycles. The van der Waals surface area contributed by atoms with E-state index in [1.165, 1.54) is 17.7 Å². The molecule has 0 unspecified atom stereocenters. The lowest BCUT2D eigenvalue weighted by Gasteiger charge is -2.08. The maximum atomic E-state index is 13.0. The lowest BCUT2D eigenvalue weighted by Crippen LogP contribution is -2.26. The molecule has 0 aliphatic rings. The topological polar surface area (TPSA) is 111 Å². The highest BCUT2D eigenvalue weighted by atomic mass is 32.2. The number of hydrogen-bond donors (Lipinski definition) is 2. The van der Waals surface area contributed by atoms with E-state index < -0.39 is 15.8 Å². The Balaban J connectivity index is 1.35. The van der Waals surface area contributed by atoms with E-state index >= 15 is 0 Å². The third kappa shape index (κ3) is 5.62. The molecule has 33 heavy (non-hydrogen) atoms. The summed E-state index contributed by atoms with van der Waals surface area (Å²) in [6.07, 6.45) is 1.09. The Labute approximate surface area is 190 Å². The number of nitrogens with zero attached hydrogens (tertiary/aromatic N) is 4. The first-order chi connectivity index (χ1) is 15.9. The summed E-state index contributed by atoms with van der Waals surface area (Å²) < 4.78 is 47.0. The summed E-state index contributed by atoms with van der Waals surface area (Å²) in [4.78, 5) is -0.00327. The maximum absolute atomic E-state index is 13.0. The zero-order valence-corrected chi connectivity index (χ0v) is 18.7. The van der Waals surface area contributed by atoms with Gasteiger partial charge < -0.3 is 10.1 Å². The van der Waals surface area contributed by atoms with Crippen molar-refractivity contribution < 1.29 is 17.5 Å². The largest absolute Gasteiger partial charge is 0.497 e. The predicted molar refractivity (Wildman–Crippen MR) is 121 cm³/mol. The van der Waals surface area contributed by atoms with Crippen LogP contribution >= 0.6 is 0 Å². The minimum Gasteiger partial charge on any atom is -0.497 e. The van der Waals surface area contributed by atoms with E-state index in [1.54, 1.807) is 17.7 Å². The number of anilines is 1. The van der Waals surface area contributed by atoms with Gasteiger partial charge in [-0.3, -0.25) is 0 Å². The third-order valence-electron chi connectivity index (χ3n) is 4.97. The summed E-state index contributed by atoms with van der Waals surface area (Å²) >= 11 is 0. The normalized spacial score (nSPS) is 11.6. The molecule has 2 aromatic heterocycles. The van der Waals surface area contributed by atoms with E-state index in [9.17, 15) is 12.8 Å². The van der Waals surface area contributed by atoms with Crippen molar-refractivity contribution in [3.63, 3.8) is 0 Å². The lowest BCUT2D eigenvalue weighted by atomic mass is 10.1. The number of sulfonamides is 1. The summed E-state index contributed by atoms with van der Waals surface area (Å²) in [5.41, 5.74) is 1.73. The fraction of sp³-hybridized carbons (Fsp3) is 0.227. The number of ether oxygens (including phenoxy) is 1. The Hall–Kier alpha value is -3.57. The van der Waals surface area contributed by atoms with Gasteiger partial charge >= 0.3 is 0 Å². The van der Waals surface area contributed by atoms with Crippen molar-refractivity contribution >= 4 is 21.5 Å². The van der Waals surface area contributed by atoms with Gasteiger partial charge in [0.15, 0.2) is 11.5 Å². The minimum absolute atomic E-state index is 0.00327. The summed E-state index contributed by atoms with van der Waals surface area (Å²) in [6, 6.07) is 16.1. The number of aromatic nitrogens is 4. The van der Waals surface area contributed by atoms with Crippen LogP contribution in [-0.2, 0) is 22.9 Å². The molecule has 4 rings (SSSR count). The molecule has 0 fully saturated rings. The van der Waals surface area contributed by atoms with Crippen LogP contribution in [0.3, 0.4) is 0 Å². The molecule has 0 spiro atoms. The number of hydrogen-bond acceptors (Lipinski definition) is 7. The lowest BCUT2D eigenvalue weighted by molar-refractivity contribution is 0.414. The van der Waals surface area contributed by atoms with Crippen LogP contribution in [0.15, 0.2) is 65.6 Å². The van der Waals surface area contributed by atoms with E-state index in [4.69, 9.17) is 4.74 Å². The fourth-order valence-corrected chi connectivity index (χ4v) is 4.24. The quantitative estimate of drug-likeness (QED) is 0.366. The highest BCUT2D eigenvalue weighted by Gasteiger charge is 2.15. The monoisotopic (exact) mass is 470 g/mol. The number of fused-ring (bicyclic) bond motifs is 1. The van der Waals surface area contributed by atoms with Crippen molar-refractivity contribution in [1.82, 2.24) is 24.5 Å². The molecule has 0 atom stereocenters. The Bertz CT molecular complexity index is 1320. The number of nitrogens with one attached hydrogen (secondary N) is 2. The van der Waals surface area contributed by atoms with Crippen molar-refractivity contribution in [3.8, 4) is 5.75 Å². The SMILES string of the molecule is COc1ccc(CCNc2ccc3nnc(CCNS(=O)(=O)c4ccc(F)cc4)n3n2)cc1. The van der Waals surface area contributed by atoms with Crippen LogP contribution in [0.25, 0.3) is 5.65 Å². The van der Waals surface area contributed by atoms with Crippen molar-refractivity contribution in [2.75, 3.05) is 25.5 Å². The van der Waals surface area contributed by atoms with E-state index in [0.29, 0.717) is 23.8 Å². The second kappa shape index (κ2) is 9.92. The number of halogens is 1. The van der Waals surface area contributed by atoms with Gasteiger partial charge in [0.25, 0.3) is 0 Å². The van der Waals surface area contributed by atoms with Gasteiger partial charge in [0.1, 0.15) is 17.4 Å². The average Bonchev–Trinajstić information content (AvgIpc) is 3.22. The molecule has 0 radical (unpaired) electrons. The second-order valence-corrected chi connectivity index (χ2v) is 9.00. The van der Waals surface area contributed by atoms with E-state index in [1.807, 2.05) is 30.3 Å². The average molecular weight is 471 g/mol. The summed E-state index contributed by atoms with van der Waals surface area (Å²) in [5.74, 6) is 1.50. The first kappa shape index (κ1) is 22.6. The van der Waals surface area contributed by atoms with Gasteiger partial charge in [-0.15, -0.1) is 15.3 Å². The minimum atomic E-state index is -3.75. The summed E-state index contributed by atoms with van der Waals surface area (Å²) in [7, 11) is -2.11. The van der Waals surface area contributed by atoms with Crippen LogP contribution in [-0.4, -0.2) is 48.4 Å². The maximum Gasteiger partial charge on any atom is 0.240 e. The van der Waals surface area contributed by atoms with Crippen LogP contribution in [0, 0.1) is 5.82 Å². The van der Waals surface area contributed by atoms with Gasteiger partial charge in [0.2, 0.25) is 10.0 Å². The Morgan fingerprint density at radius 1 is 0.939 bits per heavy atom. The molecule has 11 heteroatoms. The van der Waals surface area contributed by atoms with Crippen LogP contribution < -0.4 is 14.8 Å². The highest BCUT2D eigenvalue weighted by molar-refractivity contribution is 7.89. The van der Waals surface area contributed by atoms with Crippen molar-refractivity contribution in [2.24, 2.45) is 0 Å². The number of methoxy groups -OCH3 is 1. The van der Waals surface area contributed by atoms with Gasteiger partial charge in [-0.1, -0.05) is 12.1 Å². The van der Waals surface area contributed by atoms with Crippen LogP contribution in [0.1, 0.15) is 11.4 Å². The Kier molecular flexibility index (Phi) is 6.80. The smallest absolute Gasteiger partial charge is 0.240 e. The standard InChI is InChI=1S/C22H23FN6O3S/c1-32-18-6-2-16(3-7-18)12-14-24-20-10-11-21-26-27-22(29(21)28-20)13-15-25-33(30,31)19-8-4-17(23)5-9-19/h2-11,25H,12-15H2,1H3,(H,24,28). The van der Waals surface area contributed by atoms with Gasteiger partial charge in [0.05, 0.1) is 12.0 Å². The summed E-state index contributed by atoms with van der Waals surface area (Å²) in [5, 5.41) is 16.0. The molecule has 2 aromatic carbocycles. The zero-order chi connectivity index (χ0) is 23.3. The Morgan fingerprint density at radius 2 is 1.70 bits per heavy atom. The molecule has 0 saturated carbocycles. The van der Waals surface area contributed by atoms with E-state index in [-0.39, 0.29) is 17.9 Å². The van der Waals surface area contributed by atoms with Crippen molar-refractivity contribution in [3.05, 3.63) is 77.9 Å². The predicted octanol–water partition coefficient (Wildman–Crippen LogP) is 2.45. The molecule has 4 aromatic rings. The molecule has 172 valence electrons.